The summed E-state index contributed by atoms with van der Waals surface area (Å²) in [5, 5.41) is 19.8. The van der Waals surface area contributed by atoms with Crippen LogP contribution in [0.3, 0.4) is 0 Å². The molecule has 74 valence electrons. The van der Waals surface area contributed by atoms with E-state index in [4.69, 9.17) is 5.26 Å². The van der Waals surface area contributed by atoms with Crippen LogP contribution in [-0.4, -0.2) is 19.8 Å². The Morgan fingerprint density at radius 1 is 1.79 bits per heavy atom. The Kier molecular flexibility index (Phi) is 3.19. The van der Waals surface area contributed by atoms with Crippen LogP contribution in [0.5, 0.6) is 0 Å². The number of aromatic nitrogens is 2. The van der Waals surface area contributed by atoms with Crippen molar-refractivity contribution in [1.82, 2.24) is 9.55 Å². The highest BCUT2D eigenvalue weighted by Gasteiger charge is 2.24. The molecule has 1 heterocycles. The molecule has 0 aromatic carbocycles. The first-order valence-electron chi connectivity index (χ1n) is 3.77. The summed E-state index contributed by atoms with van der Waals surface area (Å²) in [4.78, 5) is 13.6. The summed E-state index contributed by atoms with van der Waals surface area (Å²) < 4.78 is 1.44. The Hall–Kier alpha value is -1.42. The van der Waals surface area contributed by atoms with Gasteiger partial charge in [-0.1, -0.05) is 15.9 Å². The number of alkyl halides is 1. The average molecular weight is 259 g/mol. The van der Waals surface area contributed by atoms with Crippen molar-refractivity contribution in [2.24, 2.45) is 7.05 Å². The molecular formula is C7H7BrN4O2. The van der Waals surface area contributed by atoms with Crippen LogP contribution in [0.1, 0.15) is 11.5 Å². The number of hydrogen-bond acceptors (Lipinski definition) is 4. The molecule has 7 heteroatoms. The average Bonchev–Trinajstić information content (AvgIpc) is 2.45. The predicted molar refractivity (Wildman–Crippen MR) is 52.1 cm³/mol. The van der Waals surface area contributed by atoms with Crippen molar-refractivity contribution < 1.29 is 4.92 Å². The number of nitriles is 1. The van der Waals surface area contributed by atoms with Crippen LogP contribution < -0.4 is 0 Å². The van der Waals surface area contributed by atoms with Crippen LogP contribution in [0, 0.1) is 21.4 Å². The van der Waals surface area contributed by atoms with Gasteiger partial charge in [-0.25, -0.2) is 0 Å². The van der Waals surface area contributed by atoms with Gasteiger partial charge >= 0.3 is 11.6 Å². The first-order chi connectivity index (χ1) is 6.61. The molecule has 0 unspecified atom stereocenters. The zero-order valence-electron chi connectivity index (χ0n) is 7.40. The highest BCUT2D eigenvalue weighted by atomic mass is 79.9. The Labute approximate surface area is 88.4 Å². The number of rotatable bonds is 3. The highest BCUT2D eigenvalue weighted by molar-refractivity contribution is 9.09. The van der Waals surface area contributed by atoms with Gasteiger partial charge in [-0.3, -0.25) is 4.57 Å². The highest BCUT2D eigenvalue weighted by Crippen LogP contribution is 2.19. The van der Waals surface area contributed by atoms with E-state index in [-0.39, 0.29) is 11.6 Å². The Bertz CT molecular complexity index is 407. The summed E-state index contributed by atoms with van der Waals surface area (Å²) in [6.07, 6.45) is 0.474. The van der Waals surface area contributed by atoms with Gasteiger partial charge in [-0.15, -0.1) is 0 Å². The molecule has 1 rings (SSSR count). The van der Waals surface area contributed by atoms with Crippen molar-refractivity contribution in [3.05, 3.63) is 21.6 Å². The van der Waals surface area contributed by atoms with Crippen LogP contribution in [0.4, 0.5) is 5.82 Å². The predicted octanol–water partition coefficient (Wildman–Crippen LogP) is 1.14. The van der Waals surface area contributed by atoms with E-state index in [1.807, 2.05) is 0 Å². The topological polar surface area (TPSA) is 84.8 Å². The summed E-state index contributed by atoms with van der Waals surface area (Å²) in [5.41, 5.74) is 0.462. The van der Waals surface area contributed by atoms with Gasteiger partial charge in [-0.2, -0.15) is 5.26 Å². The zero-order chi connectivity index (χ0) is 10.7. The number of nitrogens with zero attached hydrogens (tertiary/aromatic N) is 4. The molecule has 6 nitrogen and oxygen atoms in total. The molecule has 0 atom stereocenters. The van der Waals surface area contributed by atoms with E-state index in [2.05, 4.69) is 20.9 Å². The van der Waals surface area contributed by atoms with Crippen LogP contribution in [0.2, 0.25) is 0 Å². The fraction of sp³-hybridized carbons (Fsp3) is 0.429. The van der Waals surface area contributed by atoms with Crippen molar-refractivity contribution >= 4 is 21.7 Å². The van der Waals surface area contributed by atoms with E-state index in [9.17, 15) is 10.1 Å². The zero-order valence-corrected chi connectivity index (χ0v) is 8.98. The lowest BCUT2D eigenvalue weighted by Crippen LogP contribution is -2.01. The maximum atomic E-state index is 10.6. The SMILES string of the molecule is Cn1c(C#N)nc([N+](=O)[O-])c1CCBr. The molecular weight excluding hydrogens is 252 g/mol. The lowest BCUT2D eigenvalue weighted by atomic mass is 10.3. The summed E-state index contributed by atoms with van der Waals surface area (Å²) in [6, 6.07) is 1.80. The largest absolute Gasteiger partial charge is 0.386 e. The molecule has 1 aromatic heterocycles. The third kappa shape index (κ3) is 1.75. The normalized spacial score (nSPS) is 9.79. The second-order valence-electron chi connectivity index (χ2n) is 2.57. The van der Waals surface area contributed by atoms with Crippen molar-refractivity contribution in [2.75, 3.05) is 5.33 Å². The van der Waals surface area contributed by atoms with Crippen molar-refractivity contribution in [2.45, 2.75) is 6.42 Å². The van der Waals surface area contributed by atoms with Gasteiger partial charge in [0.25, 0.3) is 0 Å². The number of imidazole rings is 1. The Morgan fingerprint density at radius 2 is 2.43 bits per heavy atom. The second-order valence-corrected chi connectivity index (χ2v) is 3.37. The van der Waals surface area contributed by atoms with Gasteiger partial charge in [0.15, 0.2) is 6.07 Å². The lowest BCUT2D eigenvalue weighted by Gasteiger charge is -1.97. The van der Waals surface area contributed by atoms with E-state index in [1.54, 1.807) is 13.1 Å². The lowest BCUT2D eigenvalue weighted by molar-refractivity contribution is -0.390. The monoisotopic (exact) mass is 258 g/mol. The van der Waals surface area contributed by atoms with Crippen molar-refractivity contribution in [3.8, 4) is 6.07 Å². The van der Waals surface area contributed by atoms with E-state index in [0.717, 1.165) is 0 Å². The van der Waals surface area contributed by atoms with Crippen LogP contribution in [0.15, 0.2) is 0 Å². The van der Waals surface area contributed by atoms with E-state index < -0.39 is 4.92 Å². The van der Waals surface area contributed by atoms with Gasteiger partial charge in [0.05, 0.1) is 0 Å². The first-order valence-corrected chi connectivity index (χ1v) is 4.90. The fourth-order valence-electron chi connectivity index (χ4n) is 1.13. The van der Waals surface area contributed by atoms with Gasteiger partial charge in [0.2, 0.25) is 0 Å². The molecule has 0 aliphatic carbocycles. The molecule has 0 N–H and O–H groups in total. The minimum atomic E-state index is -0.571. The second kappa shape index (κ2) is 4.19. The summed E-state index contributed by atoms with van der Waals surface area (Å²) in [7, 11) is 1.59. The van der Waals surface area contributed by atoms with Crippen LogP contribution in [0.25, 0.3) is 0 Å². The molecule has 0 radical (unpaired) electrons. The smallest absolute Gasteiger partial charge is 0.358 e. The van der Waals surface area contributed by atoms with Gasteiger partial charge in [0, 0.05) is 18.8 Å². The van der Waals surface area contributed by atoms with Gasteiger partial charge < -0.3 is 10.1 Å². The van der Waals surface area contributed by atoms with Crippen LogP contribution >= 0.6 is 15.9 Å². The van der Waals surface area contributed by atoms with Crippen molar-refractivity contribution in [1.29, 1.82) is 5.26 Å². The Morgan fingerprint density at radius 3 is 2.86 bits per heavy atom. The molecule has 14 heavy (non-hydrogen) atoms. The molecule has 0 amide bonds. The maximum absolute atomic E-state index is 10.6. The van der Waals surface area contributed by atoms with Gasteiger partial charge in [0.1, 0.15) is 5.69 Å². The summed E-state index contributed by atoms with van der Waals surface area (Å²) in [6.45, 7) is 0. The maximum Gasteiger partial charge on any atom is 0.386 e. The molecule has 1 aromatic rings. The molecule has 0 saturated carbocycles. The van der Waals surface area contributed by atoms with E-state index in [1.165, 1.54) is 4.57 Å². The summed E-state index contributed by atoms with van der Waals surface area (Å²) in [5.74, 6) is -0.170. The molecule has 0 spiro atoms. The third-order valence-electron chi connectivity index (χ3n) is 1.80. The standard InChI is InChI=1S/C7H7BrN4O2/c1-11-5(2-3-8)7(12(13)14)10-6(11)4-9/h2-3H2,1H3. The van der Waals surface area contributed by atoms with Crippen LogP contribution in [-0.2, 0) is 13.5 Å². The van der Waals surface area contributed by atoms with Gasteiger partial charge in [-0.05, 0) is 9.91 Å². The minimum Gasteiger partial charge on any atom is -0.358 e. The molecule has 0 bridgehead atoms. The summed E-state index contributed by atoms with van der Waals surface area (Å²) >= 11 is 3.19. The molecule has 0 aliphatic heterocycles. The fourth-order valence-corrected chi connectivity index (χ4v) is 1.51. The van der Waals surface area contributed by atoms with E-state index >= 15 is 0 Å². The quantitative estimate of drug-likeness (QED) is 0.462. The van der Waals surface area contributed by atoms with Crippen molar-refractivity contribution in [3.63, 3.8) is 0 Å². The molecule has 0 fully saturated rings. The number of nitro groups is 1. The first kappa shape index (κ1) is 10.7. The Balaban J connectivity index is 3.29. The minimum absolute atomic E-state index is 0.0626. The molecule has 0 saturated heterocycles. The number of hydrogen-bond donors (Lipinski definition) is 0. The molecule has 0 aliphatic rings. The van der Waals surface area contributed by atoms with E-state index in [0.29, 0.717) is 17.4 Å². The third-order valence-corrected chi connectivity index (χ3v) is 2.19. The number of halogens is 1.